The lowest BCUT2D eigenvalue weighted by molar-refractivity contribution is -0.120. The first-order chi connectivity index (χ1) is 13.1. The van der Waals surface area contributed by atoms with Crippen LogP contribution in [0.1, 0.15) is 40.5 Å². The molecule has 1 N–H and O–H groups in total. The van der Waals surface area contributed by atoms with E-state index in [1.165, 1.54) is 23.3 Å². The molecule has 1 aromatic carbocycles. The molecule has 1 amide bonds. The Bertz CT molecular complexity index is 923. The van der Waals surface area contributed by atoms with Crippen LogP contribution >= 0.6 is 11.3 Å². The Morgan fingerprint density at radius 3 is 2.81 bits per heavy atom. The predicted octanol–water partition coefficient (Wildman–Crippen LogP) is 4.61. The van der Waals surface area contributed by atoms with Gasteiger partial charge in [-0.05, 0) is 62.4 Å². The standard InChI is InChI=1S/C22H26N2O2S/c1-15-7-8-18-17(14-26-22(18)16(15)2)12-21(25)23-13-19(20-6-5-11-27-20)24-9-3-4-10-24/h5-8,11,14,19H,3-4,9-10,12-13H2,1-2H3,(H,23,25). The van der Waals surface area contributed by atoms with Gasteiger partial charge in [0.05, 0.1) is 18.7 Å². The molecule has 3 aromatic rings. The zero-order chi connectivity index (χ0) is 18.8. The van der Waals surface area contributed by atoms with Gasteiger partial charge in [0.1, 0.15) is 5.58 Å². The summed E-state index contributed by atoms with van der Waals surface area (Å²) >= 11 is 1.77. The van der Waals surface area contributed by atoms with Crippen LogP contribution in [0, 0.1) is 13.8 Å². The van der Waals surface area contributed by atoms with Gasteiger partial charge < -0.3 is 9.73 Å². The SMILES string of the molecule is Cc1ccc2c(CC(=O)NCC(c3cccs3)N3CCCC3)coc2c1C. The number of fused-ring (bicyclic) bond motifs is 1. The van der Waals surface area contributed by atoms with E-state index in [2.05, 4.69) is 53.7 Å². The molecule has 5 heteroatoms. The summed E-state index contributed by atoms with van der Waals surface area (Å²) in [5, 5.41) is 6.32. The highest BCUT2D eigenvalue weighted by Gasteiger charge is 2.24. The number of aryl methyl sites for hydroxylation is 2. The fourth-order valence-corrected chi connectivity index (χ4v) is 4.78. The second-order valence-electron chi connectivity index (χ2n) is 7.40. The Balaban J connectivity index is 1.44. The number of thiophene rings is 1. The van der Waals surface area contributed by atoms with Crippen molar-refractivity contribution in [3.8, 4) is 0 Å². The number of benzene rings is 1. The van der Waals surface area contributed by atoms with Gasteiger partial charge in [0.15, 0.2) is 0 Å². The highest BCUT2D eigenvalue weighted by atomic mass is 32.1. The number of amides is 1. The first-order valence-corrected chi connectivity index (χ1v) is 10.5. The van der Waals surface area contributed by atoms with Crippen LogP contribution in [0.2, 0.25) is 0 Å². The van der Waals surface area contributed by atoms with Crippen molar-refractivity contribution in [3.05, 3.63) is 57.5 Å². The van der Waals surface area contributed by atoms with Crippen molar-refractivity contribution < 1.29 is 9.21 Å². The zero-order valence-electron chi connectivity index (χ0n) is 16.0. The van der Waals surface area contributed by atoms with Crippen molar-refractivity contribution in [2.24, 2.45) is 0 Å². The molecule has 1 aliphatic rings. The first-order valence-electron chi connectivity index (χ1n) is 9.64. The molecule has 1 fully saturated rings. The number of hydrogen-bond acceptors (Lipinski definition) is 4. The lowest BCUT2D eigenvalue weighted by atomic mass is 10.0. The summed E-state index contributed by atoms with van der Waals surface area (Å²) in [7, 11) is 0. The normalized spacial score (nSPS) is 16.1. The third-order valence-corrected chi connectivity index (χ3v) is 6.61. The molecule has 1 atom stereocenters. The van der Waals surface area contributed by atoms with Crippen molar-refractivity contribution in [1.29, 1.82) is 0 Å². The van der Waals surface area contributed by atoms with E-state index in [0.29, 0.717) is 13.0 Å². The third kappa shape index (κ3) is 3.80. The second kappa shape index (κ2) is 7.87. The molecule has 1 aliphatic heterocycles. The Labute approximate surface area is 164 Å². The topological polar surface area (TPSA) is 45.5 Å². The van der Waals surface area contributed by atoms with Crippen LogP contribution in [0.4, 0.5) is 0 Å². The monoisotopic (exact) mass is 382 g/mol. The van der Waals surface area contributed by atoms with Gasteiger partial charge in [0, 0.05) is 22.4 Å². The maximum atomic E-state index is 12.6. The van der Waals surface area contributed by atoms with Gasteiger partial charge in [-0.2, -0.15) is 0 Å². The molecule has 3 heterocycles. The molecule has 0 radical (unpaired) electrons. The summed E-state index contributed by atoms with van der Waals surface area (Å²) in [4.78, 5) is 16.4. The lowest BCUT2D eigenvalue weighted by Crippen LogP contribution is -2.37. The van der Waals surface area contributed by atoms with Gasteiger partial charge in [-0.15, -0.1) is 11.3 Å². The molecular formula is C22H26N2O2S. The van der Waals surface area contributed by atoms with Crippen molar-refractivity contribution in [3.63, 3.8) is 0 Å². The van der Waals surface area contributed by atoms with E-state index < -0.39 is 0 Å². The fraction of sp³-hybridized carbons (Fsp3) is 0.409. The molecule has 4 rings (SSSR count). The summed E-state index contributed by atoms with van der Waals surface area (Å²) in [6.07, 6.45) is 4.58. The van der Waals surface area contributed by atoms with E-state index in [4.69, 9.17) is 4.42 Å². The van der Waals surface area contributed by atoms with Crippen LogP contribution in [0.25, 0.3) is 11.0 Å². The van der Waals surface area contributed by atoms with E-state index in [1.807, 2.05) is 0 Å². The molecule has 27 heavy (non-hydrogen) atoms. The maximum absolute atomic E-state index is 12.6. The number of carbonyl (C=O) groups is 1. The van der Waals surface area contributed by atoms with Gasteiger partial charge in [-0.1, -0.05) is 18.2 Å². The molecule has 0 bridgehead atoms. The molecule has 0 aliphatic carbocycles. The van der Waals surface area contributed by atoms with Crippen LogP contribution in [-0.4, -0.2) is 30.4 Å². The molecule has 0 saturated carbocycles. The van der Waals surface area contributed by atoms with Gasteiger partial charge in [0.2, 0.25) is 5.91 Å². The number of furan rings is 1. The molecule has 0 spiro atoms. The summed E-state index contributed by atoms with van der Waals surface area (Å²) in [5.41, 5.74) is 4.20. The Kier molecular flexibility index (Phi) is 5.32. The molecular weight excluding hydrogens is 356 g/mol. The summed E-state index contributed by atoms with van der Waals surface area (Å²) in [5.74, 6) is 0.0525. The van der Waals surface area contributed by atoms with E-state index in [9.17, 15) is 4.79 Å². The van der Waals surface area contributed by atoms with Crippen LogP contribution in [0.5, 0.6) is 0 Å². The largest absolute Gasteiger partial charge is 0.464 e. The average molecular weight is 383 g/mol. The zero-order valence-corrected chi connectivity index (χ0v) is 16.8. The lowest BCUT2D eigenvalue weighted by Gasteiger charge is -2.26. The van der Waals surface area contributed by atoms with Crippen molar-refractivity contribution >= 4 is 28.2 Å². The number of carbonyl (C=O) groups excluding carboxylic acids is 1. The Hall–Kier alpha value is -2.11. The van der Waals surface area contributed by atoms with Gasteiger partial charge >= 0.3 is 0 Å². The maximum Gasteiger partial charge on any atom is 0.224 e. The van der Waals surface area contributed by atoms with Crippen molar-refractivity contribution in [1.82, 2.24) is 10.2 Å². The van der Waals surface area contributed by atoms with Crippen LogP contribution in [-0.2, 0) is 11.2 Å². The van der Waals surface area contributed by atoms with Crippen molar-refractivity contribution in [2.45, 2.75) is 39.2 Å². The highest BCUT2D eigenvalue weighted by molar-refractivity contribution is 7.10. The van der Waals surface area contributed by atoms with Gasteiger partial charge in [-0.25, -0.2) is 0 Å². The Morgan fingerprint density at radius 2 is 2.07 bits per heavy atom. The number of likely N-dealkylation sites (tertiary alicyclic amines) is 1. The minimum atomic E-state index is 0.0525. The molecule has 1 unspecified atom stereocenters. The fourth-order valence-electron chi connectivity index (χ4n) is 3.92. The van der Waals surface area contributed by atoms with Crippen LogP contribution in [0.3, 0.4) is 0 Å². The third-order valence-electron chi connectivity index (χ3n) is 5.64. The summed E-state index contributed by atoms with van der Waals surface area (Å²) in [6.45, 7) is 7.03. The quantitative estimate of drug-likeness (QED) is 0.677. The summed E-state index contributed by atoms with van der Waals surface area (Å²) in [6, 6.07) is 8.70. The van der Waals surface area contributed by atoms with Gasteiger partial charge in [0.25, 0.3) is 0 Å². The smallest absolute Gasteiger partial charge is 0.224 e. The Morgan fingerprint density at radius 1 is 1.26 bits per heavy atom. The molecule has 1 saturated heterocycles. The number of hydrogen-bond donors (Lipinski definition) is 1. The minimum absolute atomic E-state index is 0.0525. The number of nitrogens with zero attached hydrogens (tertiary/aromatic N) is 1. The van der Waals surface area contributed by atoms with Crippen molar-refractivity contribution in [2.75, 3.05) is 19.6 Å². The predicted molar refractivity (Wildman–Crippen MR) is 110 cm³/mol. The number of rotatable bonds is 6. The second-order valence-corrected chi connectivity index (χ2v) is 8.38. The van der Waals surface area contributed by atoms with E-state index in [1.54, 1.807) is 17.6 Å². The average Bonchev–Trinajstić information content (AvgIpc) is 3.41. The van der Waals surface area contributed by atoms with E-state index >= 15 is 0 Å². The summed E-state index contributed by atoms with van der Waals surface area (Å²) < 4.78 is 5.74. The van der Waals surface area contributed by atoms with E-state index in [-0.39, 0.29) is 11.9 Å². The minimum Gasteiger partial charge on any atom is -0.464 e. The first kappa shape index (κ1) is 18.3. The van der Waals surface area contributed by atoms with Crippen LogP contribution < -0.4 is 5.32 Å². The molecule has 2 aromatic heterocycles. The molecule has 142 valence electrons. The van der Waals surface area contributed by atoms with E-state index in [0.717, 1.165) is 35.2 Å². The van der Waals surface area contributed by atoms with Crippen LogP contribution in [0.15, 0.2) is 40.3 Å². The number of nitrogens with one attached hydrogen (secondary N) is 1. The van der Waals surface area contributed by atoms with Gasteiger partial charge in [-0.3, -0.25) is 9.69 Å². The molecule has 4 nitrogen and oxygen atoms in total. The highest BCUT2D eigenvalue weighted by Crippen LogP contribution is 2.29.